The van der Waals surface area contributed by atoms with Crippen LogP contribution in [-0.2, 0) is 4.79 Å². The van der Waals surface area contributed by atoms with Gasteiger partial charge in [0.25, 0.3) is 5.91 Å². The molecule has 0 radical (unpaired) electrons. The number of fused-ring (bicyclic) bond motifs is 1. The summed E-state index contributed by atoms with van der Waals surface area (Å²) in [5.74, 6) is -0.441. The highest BCUT2D eigenvalue weighted by Gasteiger charge is 2.16. The fourth-order valence-electron chi connectivity index (χ4n) is 2.74. The molecule has 0 atom stereocenters. The van der Waals surface area contributed by atoms with Gasteiger partial charge in [-0.15, -0.1) is 0 Å². The average molecular weight is 416 g/mol. The van der Waals surface area contributed by atoms with Gasteiger partial charge in [0.15, 0.2) is 0 Å². The molecule has 0 saturated carbocycles. The van der Waals surface area contributed by atoms with Crippen LogP contribution in [0.25, 0.3) is 10.9 Å². The summed E-state index contributed by atoms with van der Waals surface area (Å²) in [4.78, 5) is 40.0. The molecule has 0 aliphatic heterocycles. The van der Waals surface area contributed by atoms with Crippen LogP contribution >= 0.6 is 11.6 Å². The summed E-state index contributed by atoms with van der Waals surface area (Å²) in [5.41, 5.74) is 0.443. The van der Waals surface area contributed by atoms with E-state index >= 15 is 0 Å². The van der Waals surface area contributed by atoms with Crippen molar-refractivity contribution in [3.63, 3.8) is 0 Å². The number of hydrogen-bond donors (Lipinski definition) is 3. The van der Waals surface area contributed by atoms with Crippen molar-refractivity contribution in [3.8, 4) is 11.5 Å². The van der Waals surface area contributed by atoms with Gasteiger partial charge >= 0.3 is 0 Å². The number of benzene rings is 2. The Morgan fingerprint density at radius 2 is 1.83 bits per heavy atom. The second-order valence-electron chi connectivity index (χ2n) is 5.99. The van der Waals surface area contributed by atoms with Crippen molar-refractivity contribution in [2.75, 3.05) is 26.1 Å². The molecular formula is C20H18ClN3O5. The first kappa shape index (κ1) is 20.2. The van der Waals surface area contributed by atoms with Crippen LogP contribution in [0.15, 0.2) is 47.4 Å². The lowest BCUT2D eigenvalue weighted by molar-refractivity contribution is -0.115. The smallest absolute Gasteiger partial charge is 0.257 e. The number of para-hydroxylation sites is 1. The first-order valence-electron chi connectivity index (χ1n) is 8.54. The van der Waals surface area contributed by atoms with Gasteiger partial charge in [0.2, 0.25) is 11.3 Å². The van der Waals surface area contributed by atoms with E-state index in [1.165, 1.54) is 32.5 Å². The summed E-state index contributed by atoms with van der Waals surface area (Å²) >= 11 is 6.07. The third-order valence-electron chi connectivity index (χ3n) is 4.19. The summed E-state index contributed by atoms with van der Waals surface area (Å²) < 4.78 is 10.3. The van der Waals surface area contributed by atoms with E-state index in [2.05, 4.69) is 15.6 Å². The van der Waals surface area contributed by atoms with Crippen molar-refractivity contribution in [2.45, 2.75) is 0 Å². The number of amides is 2. The van der Waals surface area contributed by atoms with Gasteiger partial charge in [-0.2, -0.15) is 0 Å². The van der Waals surface area contributed by atoms with E-state index in [-0.39, 0.29) is 17.1 Å². The van der Waals surface area contributed by atoms with Gasteiger partial charge in [-0.05, 0) is 18.2 Å². The molecule has 29 heavy (non-hydrogen) atoms. The molecule has 0 aliphatic carbocycles. The minimum absolute atomic E-state index is 0.0819. The lowest BCUT2D eigenvalue weighted by atomic mass is 10.1. The van der Waals surface area contributed by atoms with Gasteiger partial charge in [0, 0.05) is 23.2 Å². The van der Waals surface area contributed by atoms with Crippen LogP contribution in [0.1, 0.15) is 10.4 Å². The Labute approximate surface area is 170 Å². The standard InChI is InChI=1S/C20H18ClN3O5/c1-28-16-8-17(29-2)15(7-13(16)21)24-18(25)10-23-20(27)12-9-22-14-6-4-3-5-11(14)19(12)26/h3-9H,10H2,1-2H3,(H,22,26)(H,23,27)(H,24,25). The van der Waals surface area contributed by atoms with Crippen molar-refractivity contribution in [3.05, 3.63) is 63.4 Å². The highest BCUT2D eigenvalue weighted by Crippen LogP contribution is 2.35. The van der Waals surface area contributed by atoms with Gasteiger partial charge < -0.3 is 25.1 Å². The van der Waals surface area contributed by atoms with Crippen LogP contribution in [0, 0.1) is 0 Å². The molecule has 150 valence electrons. The highest BCUT2D eigenvalue weighted by atomic mass is 35.5. The molecule has 3 N–H and O–H groups in total. The Morgan fingerprint density at radius 1 is 1.10 bits per heavy atom. The molecule has 2 amide bonds. The van der Waals surface area contributed by atoms with E-state index in [1.54, 1.807) is 24.3 Å². The average Bonchev–Trinajstić information content (AvgIpc) is 2.72. The molecule has 0 saturated heterocycles. The first-order valence-corrected chi connectivity index (χ1v) is 8.92. The van der Waals surface area contributed by atoms with Gasteiger partial charge in [0.05, 0.1) is 31.5 Å². The van der Waals surface area contributed by atoms with E-state index in [9.17, 15) is 14.4 Å². The number of carbonyl (C=O) groups is 2. The third kappa shape index (κ3) is 4.33. The second-order valence-corrected chi connectivity index (χ2v) is 6.40. The van der Waals surface area contributed by atoms with Crippen LogP contribution in [0.2, 0.25) is 5.02 Å². The normalized spacial score (nSPS) is 10.4. The zero-order valence-electron chi connectivity index (χ0n) is 15.7. The van der Waals surface area contributed by atoms with E-state index in [1.807, 2.05) is 0 Å². The number of pyridine rings is 1. The van der Waals surface area contributed by atoms with Crippen LogP contribution in [0.4, 0.5) is 5.69 Å². The molecule has 0 aliphatic rings. The number of hydrogen-bond acceptors (Lipinski definition) is 5. The van der Waals surface area contributed by atoms with Crippen LogP contribution in [0.5, 0.6) is 11.5 Å². The fraction of sp³-hybridized carbons (Fsp3) is 0.150. The number of ether oxygens (including phenoxy) is 2. The molecular weight excluding hydrogens is 398 g/mol. The Kier molecular flexibility index (Phi) is 6.04. The highest BCUT2D eigenvalue weighted by molar-refractivity contribution is 6.32. The van der Waals surface area contributed by atoms with Crippen molar-refractivity contribution >= 4 is 40.0 Å². The Bertz CT molecular complexity index is 1140. The number of anilines is 1. The number of halogens is 1. The Morgan fingerprint density at radius 3 is 2.55 bits per heavy atom. The minimum atomic E-state index is -0.660. The zero-order valence-corrected chi connectivity index (χ0v) is 16.4. The SMILES string of the molecule is COc1cc(OC)c(NC(=O)CNC(=O)c2c[nH]c3ccccc3c2=O)cc1Cl. The monoisotopic (exact) mass is 415 g/mol. The van der Waals surface area contributed by atoms with Crippen molar-refractivity contribution < 1.29 is 19.1 Å². The molecule has 0 spiro atoms. The first-order chi connectivity index (χ1) is 13.9. The van der Waals surface area contributed by atoms with E-state index < -0.39 is 17.2 Å². The predicted octanol–water partition coefficient (Wildman–Crippen LogP) is 2.57. The molecule has 8 nitrogen and oxygen atoms in total. The number of H-pyrrole nitrogens is 1. The third-order valence-corrected chi connectivity index (χ3v) is 4.49. The molecule has 3 rings (SSSR count). The van der Waals surface area contributed by atoms with Gasteiger partial charge in [0.1, 0.15) is 17.1 Å². The maximum absolute atomic E-state index is 12.5. The topological polar surface area (TPSA) is 110 Å². The van der Waals surface area contributed by atoms with E-state index in [0.717, 1.165) is 0 Å². The maximum Gasteiger partial charge on any atom is 0.257 e. The molecule has 0 unspecified atom stereocenters. The summed E-state index contributed by atoms with van der Waals surface area (Å²) in [6, 6.07) is 9.86. The number of nitrogens with one attached hydrogen (secondary N) is 3. The summed E-state index contributed by atoms with van der Waals surface area (Å²) in [6.07, 6.45) is 1.32. The Hall–Kier alpha value is -3.52. The van der Waals surface area contributed by atoms with Crippen LogP contribution in [-0.4, -0.2) is 37.6 Å². The quantitative estimate of drug-likeness (QED) is 0.573. The number of methoxy groups -OCH3 is 2. The molecule has 3 aromatic rings. The number of aromatic nitrogens is 1. The summed E-state index contributed by atoms with van der Waals surface area (Å²) in [7, 11) is 2.90. The number of rotatable bonds is 6. The molecule has 1 aromatic heterocycles. The second kappa shape index (κ2) is 8.66. The maximum atomic E-state index is 12.5. The summed E-state index contributed by atoms with van der Waals surface area (Å²) in [6.45, 7) is -0.349. The largest absolute Gasteiger partial charge is 0.495 e. The zero-order chi connectivity index (χ0) is 21.0. The van der Waals surface area contributed by atoms with Gasteiger partial charge in [-0.3, -0.25) is 14.4 Å². The molecule has 0 fully saturated rings. The molecule has 0 bridgehead atoms. The molecule has 2 aromatic carbocycles. The van der Waals surface area contributed by atoms with Crippen LogP contribution < -0.4 is 25.5 Å². The van der Waals surface area contributed by atoms with Crippen LogP contribution in [0.3, 0.4) is 0 Å². The minimum Gasteiger partial charge on any atom is -0.495 e. The van der Waals surface area contributed by atoms with Crippen molar-refractivity contribution in [1.29, 1.82) is 0 Å². The predicted molar refractivity (Wildman–Crippen MR) is 110 cm³/mol. The molecule has 1 heterocycles. The number of aromatic amines is 1. The Balaban J connectivity index is 1.70. The fourth-order valence-corrected chi connectivity index (χ4v) is 2.98. The van der Waals surface area contributed by atoms with E-state index in [0.29, 0.717) is 28.1 Å². The summed E-state index contributed by atoms with van der Waals surface area (Å²) in [5, 5.41) is 5.71. The lowest BCUT2D eigenvalue weighted by Crippen LogP contribution is -2.35. The van der Waals surface area contributed by atoms with Gasteiger partial charge in [-0.25, -0.2) is 0 Å². The van der Waals surface area contributed by atoms with Crippen molar-refractivity contribution in [2.24, 2.45) is 0 Å². The molecule has 9 heteroatoms. The number of carbonyl (C=O) groups excluding carboxylic acids is 2. The van der Waals surface area contributed by atoms with Gasteiger partial charge in [-0.1, -0.05) is 23.7 Å². The van der Waals surface area contributed by atoms with E-state index in [4.69, 9.17) is 21.1 Å². The lowest BCUT2D eigenvalue weighted by Gasteiger charge is -2.13. The van der Waals surface area contributed by atoms with Crippen molar-refractivity contribution in [1.82, 2.24) is 10.3 Å².